The van der Waals surface area contributed by atoms with Gasteiger partial charge >= 0.3 is 5.69 Å². The number of nitrogens with zero attached hydrogens (tertiary/aromatic N) is 3. The van der Waals surface area contributed by atoms with E-state index in [0.717, 1.165) is 6.07 Å². The number of phenolic OH excluding ortho intramolecular Hbond substituents is 2. The monoisotopic (exact) mass is 330 g/mol. The summed E-state index contributed by atoms with van der Waals surface area (Å²) >= 11 is 0. The number of aromatic nitrogens is 2. The zero-order valence-electron chi connectivity index (χ0n) is 13.0. The normalized spacial score (nSPS) is 10.4. The zero-order chi connectivity index (χ0) is 16.6. The number of rotatable bonds is 4. The third-order valence-electron chi connectivity index (χ3n) is 2.98. The van der Waals surface area contributed by atoms with Crippen molar-refractivity contribution in [3.8, 4) is 22.9 Å². The molecule has 0 bridgehead atoms. The molecule has 0 unspecified atom stereocenters. The SMILES string of the molecule is Cc1nc(-c2cc(O)c(O)c([N+](=O)[O-])c2C(=O)C(C)C)no1.[Na]. The van der Waals surface area contributed by atoms with Crippen molar-refractivity contribution in [2.24, 2.45) is 5.92 Å². The standard InChI is InChI=1S/C13H13N3O6.Na/c1-5(2)11(18)9-7(13-14-6(3)22-15-13)4-8(17)12(19)10(9)16(20)21;/h4-5,17,19H,1-3H3;. The van der Waals surface area contributed by atoms with Gasteiger partial charge in [-0.05, 0) is 6.07 Å². The van der Waals surface area contributed by atoms with Gasteiger partial charge in [0.25, 0.3) is 0 Å². The number of nitro groups is 1. The first kappa shape index (κ1) is 19.1. The second-order valence-electron chi connectivity index (χ2n) is 4.93. The van der Waals surface area contributed by atoms with Gasteiger partial charge in [0.2, 0.25) is 17.5 Å². The van der Waals surface area contributed by atoms with Gasteiger partial charge in [0.15, 0.2) is 11.5 Å². The Labute approximate surface area is 152 Å². The van der Waals surface area contributed by atoms with E-state index in [2.05, 4.69) is 10.1 Å². The Bertz CT molecular complexity index is 771. The van der Waals surface area contributed by atoms with Crippen LogP contribution >= 0.6 is 0 Å². The van der Waals surface area contributed by atoms with E-state index in [1.807, 2.05) is 0 Å². The molecule has 117 valence electrons. The predicted molar refractivity (Wildman–Crippen MR) is 79.4 cm³/mol. The number of aryl methyl sites for hydroxylation is 1. The summed E-state index contributed by atoms with van der Waals surface area (Å²) < 4.78 is 4.80. The van der Waals surface area contributed by atoms with E-state index in [1.54, 1.807) is 13.8 Å². The first-order chi connectivity index (χ1) is 10.2. The molecule has 0 aliphatic heterocycles. The van der Waals surface area contributed by atoms with Crippen molar-refractivity contribution in [2.45, 2.75) is 20.8 Å². The molecule has 2 N–H and O–H groups in total. The van der Waals surface area contributed by atoms with Crippen LogP contribution in [0.4, 0.5) is 5.69 Å². The molecule has 23 heavy (non-hydrogen) atoms. The molecule has 0 fully saturated rings. The quantitative estimate of drug-likeness (QED) is 0.284. The number of aromatic hydroxyl groups is 2. The van der Waals surface area contributed by atoms with Crippen molar-refractivity contribution in [1.29, 1.82) is 0 Å². The van der Waals surface area contributed by atoms with Gasteiger partial charge in [-0.15, -0.1) is 0 Å². The molecule has 0 aliphatic carbocycles. The molecule has 1 aromatic heterocycles. The Morgan fingerprint density at radius 1 is 1.39 bits per heavy atom. The van der Waals surface area contributed by atoms with Crippen molar-refractivity contribution in [3.05, 3.63) is 27.6 Å². The number of carbonyl (C=O) groups is 1. The molecule has 1 radical (unpaired) electrons. The van der Waals surface area contributed by atoms with Crippen molar-refractivity contribution in [1.82, 2.24) is 10.1 Å². The van der Waals surface area contributed by atoms with Crippen molar-refractivity contribution in [3.63, 3.8) is 0 Å². The molecule has 2 rings (SSSR count). The average Bonchev–Trinajstić information content (AvgIpc) is 2.86. The average molecular weight is 330 g/mol. The maximum Gasteiger partial charge on any atom is 0.326 e. The number of phenols is 2. The third-order valence-corrected chi connectivity index (χ3v) is 2.98. The summed E-state index contributed by atoms with van der Waals surface area (Å²) in [6.45, 7) is 4.62. The largest absolute Gasteiger partial charge is 0.504 e. The van der Waals surface area contributed by atoms with Crippen LogP contribution in [0.2, 0.25) is 0 Å². The summed E-state index contributed by atoms with van der Waals surface area (Å²) in [5.74, 6) is -2.77. The first-order valence-electron chi connectivity index (χ1n) is 6.32. The van der Waals surface area contributed by atoms with Crippen LogP contribution in [0.25, 0.3) is 11.4 Å². The summed E-state index contributed by atoms with van der Waals surface area (Å²) in [6.07, 6.45) is 0. The Kier molecular flexibility index (Phi) is 5.86. The van der Waals surface area contributed by atoms with E-state index < -0.39 is 33.8 Å². The summed E-state index contributed by atoms with van der Waals surface area (Å²) in [4.78, 5) is 26.6. The Morgan fingerprint density at radius 3 is 2.43 bits per heavy atom. The number of nitro benzene ring substituents is 1. The Hall–Kier alpha value is -1.97. The van der Waals surface area contributed by atoms with Crippen LogP contribution in [0.15, 0.2) is 10.6 Å². The van der Waals surface area contributed by atoms with Gasteiger partial charge < -0.3 is 14.7 Å². The van der Waals surface area contributed by atoms with Gasteiger partial charge in [0.1, 0.15) is 5.56 Å². The van der Waals surface area contributed by atoms with Gasteiger partial charge in [-0.3, -0.25) is 14.9 Å². The Balaban J connectivity index is 0.00000264. The van der Waals surface area contributed by atoms with Crippen LogP contribution in [0.1, 0.15) is 30.1 Å². The van der Waals surface area contributed by atoms with Gasteiger partial charge in [0, 0.05) is 48.0 Å². The number of Topliss-reactive ketones (excluding diaryl/α,β-unsaturated/α-hetero) is 1. The number of ketones is 1. The van der Waals surface area contributed by atoms with Crippen LogP contribution in [0, 0.1) is 23.0 Å². The van der Waals surface area contributed by atoms with Crippen molar-refractivity contribution < 1.29 is 24.5 Å². The maximum absolute atomic E-state index is 12.4. The minimum Gasteiger partial charge on any atom is -0.504 e. The second kappa shape index (κ2) is 7.07. The van der Waals surface area contributed by atoms with E-state index in [-0.39, 0.29) is 52.4 Å². The van der Waals surface area contributed by atoms with Gasteiger partial charge in [-0.2, -0.15) is 4.98 Å². The van der Waals surface area contributed by atoms with E-state index >= 15 is 0 Å². The summed E-state index contributed by atoms with van der Waals surface area (Å²) in [5.41, 5.74) is -1.31. The minimum absolute atomic E-state index is 0. The Morgan fingerprint density at radius 2 is 2.00 bits per heavy atom. The zero-order valence-corrected chi connectivity index (χ0v) is 15.0. The molecule has 0 aliphatic rings. The smallest absolute Gasteiger partial charge is 0.326 e. The summed E-state index contributed by atoms with van der Waals surface area (Å²) in [7, 11) is 0. The van der Waals surface area contributed by atoms with Crippen LogP contribution in [0.5, 0.6) is 11.5 Å². The topological polar surface area (TPSA) is 140 Å². The van der Waals surface area contributed by atoms with Crippen LogP contribution < -0.4 is 0 Å². The van der Waals surface area contributed by atoms with Crippen LogP contribution in [-0.2, 0) is 0 Å². The van der Waals surface area contributed by atoms with E-state index in [1.165, 1.54) is 6.92 Å². The molecule has 2 aromatic rings. The molecule has 1 aromatic carbocycles. The van der Waals surface area contributed by atoms with Crippen molar-refractivity contribution >= 4 is 41.0 Å². The minimum atomic E-state index is -0.974. The summed E-state index contributed by atoms with van der Waals surface area (Å²) in [5, 5.41) is 34.3. The fourth-order valence-corrected chi connectivity index (χ4v) is 1.95. The predicted octanol–water partition coefficient (Wildman–Crippen LogP) is 1.82. The summed E-state index contributed by atoms with van der Waals surface area (Å²) in [6, 6.07) is 1.00. The van der Waals surface area contributed by atoms with Gasteiger partial charge in [0.05, 0.1) is 4.92 Å². The number of hydrogen-bond acceptors (Lipinski definition) is 8. The third kappa shape index (κ3) is 3.52. The molecule has 0 atom stereocenters. The van der Waals surface area contributed by atoms with Gasteiger partial charge in [-0.25, -0.2) is 0 Å². The van der Waals surface area contributed by atoms with Gasteiger partial charge in [-0.1, -0.05) is 19.0 Å². The number of hydrogen-bond donors (Lipinski definition) is 2. The van der Waals surface area contributed by atoms with Crippen LogP contribution in [-0.4, -0.2) is 60.6 Å². The number of benzene rings is 1. The van der Waals surface area contributed by atoms with Crippen molar-refractivity contribution in [2.75, 3.05) is 0 Å². The molecule has 1 heterocycles. The fourth-order valence-electron chi connectivity index (χ4n) is 1.95. The molecular formula is C13H13N3NaO6. The van der Waals surface area contributed by atoms with E-state index in [0.29, 0.717) is 0 Å². The molecular weight excluding hydrogens is 317 g/mol. The van der Waals surface area contributed by atoms with E-state index in [9.17, 15) is 25.1 Å². The van der Waals surface area contributed by atoms with Crippen LogP contribution in [0.3, 0.4) is 0 Å². The number of carbonyl (C=O) groups excluding carboxylic acids is 1. The molecule has 0 spiro atoms. The molecule has 0 saturated carbocycles. The fraction of sp³-hybridized carbons (Fsp3) is 0.308. The first-order valence-corrected chi connectivity index (χ1v) is 6.32. The second-order valence-corrected chi connectivity index (χ2v) is 4.93. The van der Waals surface area contributed by atoms with E-state index in [4.69, 9.17) is 4.52 Å². The molecule has 0 saturated heterocycles. The molecule has 10 heteroatoms. The molecule has 0 amide bonds. The molecule has 9 nitrogen and oxygen atoms in total. The maximum atomic E-state index is 12.4.